The van der Waals surface area contributed by atoms with Crippen LogP contribution >= 0.6 is 11.3 Å². The van der Waals surface area contributed by atoms with Gasteiger partial charge < -0.3 is 5.32 Å². The fourth-order valence-electron chi connectivity index (χ4n) is 2.87. The monoisotopic (exact) mass is 260 g/mol. The summed E-state index contributed by atoms with van der Waals surface area (Å²) in [4.78, 5) is 4.67. The Morgan fingerprint density at radius 2 is 2.11 bits per heavy atom. The van der Waals surface area contributed by atoms with Gasteiger partial charge in [-0.3, -0.25) is 0 Å². The summed E-state index contributed by atoms with van der Waals surface area (Å²) in [5, 5.41) is 4.90. The number of hydrogen-bond acceptors (Lipinski definition) is 3. The van der Waals surface area contributed by atoms with Gasteiger partial charge in [0.05, 0.1) is 10.2 Å². The van der Waals surface area contributed by atoms with E-state index in [0.29, 0.717) is 6.04 Å². The van der Waals surface area contributed by atoms with Crippen molar-refractivity contribution < 1.29 is 0 Å². The summed E-state index contributed by atoms with van der Waals surface area (Å²) in [6.45, 7) is 5.65. The lowest BCUT2D eigenvalue weighted by molar-refractivity contribution is 0.369. The van der Waals surface area contributed by atoms with Crippen LogP contribution in [0, 0.1) is 11.8 Å². The molecule has 0 radical (unpaired) electrons. The minimum absolute atomic E-state index is 0.673. The molecule has 3 atom stereocenters. The van der Waals surface area contributed by atoms with Gasteiger partial charge in [0, 0.05) is 12.6 Å². The number of aromatic nitrogens is 1. The van der Waals surface area contributed by atoms with E-state index in [1.807, 2.05) is 11.3 Å². The van der Waals surface area contributed by atoms with Gasteiger partial charge in [-0.1, -0.05) is 26.0 Å². The standard InChI is InChI=1S/C15H20N2S/c1-10-7-8-12(11(10)2)16-9-15-17-13-5-3-4-6-14(13)18-15/h3-6,10-12,16H,7-9H2,1-2H3. The van der Waals surface area contributed by atoms with Crippen molar-refractivity contribution in [2.45, 2.75) is 39.3 Å². The third-order valence-corrected chi connectivity index (χ3v) is 5.36. The van der Waals surface area contributed by atoms with Gasteiger partial charge in [0.2, 0.25) is 0 Å². The van der Waals surface area contributed by atoms with Crippen molar-refractivity contribution in [3.63, 3.8) is 0 Å². The zero-order valence-electron chi connectivity index (χ0n) is 11.0. The van der Waals surface area contributed by atoms with Gasteiger partial charge >= 0.3 is 0 Å². The van der Waals surface area contributed by atoms with Crippen LogP contribution in [0.2, 0.25) is 0 Å². The maximum absolute atomic E-state index is 4.67. The molecule has 0 amide bonds. The summed E-state index contributed by atoms with van der Waals surface area (Å²) in [6, 6.07) is 9.05. The van der Waals surface area contributed by atoms with Crippen molar-refractivity contribution in [3.8, 4) is 0 Å². The number of benzene rings is 1. The number of para-hydroxylation sites is 1. The highest BCUT2D eigenvalue weighted by Gasteiger charge is 2.29. The zero-order chi connectivity index (χ0) is 12.5. The molecule has 0 bridgehead atoms. The van der Waals surface area contributed by atoms with Crippen molar-refractivity contribution in [2.75, 3.05) is 0 Å². The molecule has 96 valence electrons. The fraction of sp³-hybridized carbons (Fsp3) is 0.533. The summed E-state index contributed by atoms with van der Waals surface area (Å²) < 4.78 is 1.29. The van der Waals surface area contributed by atoms with E-state index in [1.54, 1.807) is 0 Å². The molecular formula is C15H20N2S. The van der Waals surface area contributed by atoms with Crippen LogP contribution in [0.3, 0.4) is 0 Å². The predicted octanol–water partition coefficient (Wildman–Crippen LogP) is 3.82. The highest BCUT2D eigenvalue weighted by molar-refractivity contribution is 7.18. The molecule has 2 nitrogen and oxygen atoms in total. The average Bonchev–Trinajstić information content (AvgIpc) is 2.92. The Morgan fingerprint density at radius 1 is 1.28 bits per heavy atom. The summed E-state index contributed by atoms with van der Waals surface area (Å²) in [6.07, 6.45) is 2.67. The van der Waals surface area contributed by atoms with Gasteiger partial charge in [0.15, 0.2) is 0 Å². The van der Waals surface area contributed by atoms with Crippen molar-refractivity contribution in [1.29, 1.82) is 0 Å². The highest BCUT2D eigenvalue weighted by atomic mass is 32.1. The van der Waals surface area contributed by atoms with Crippen molar-refractivity contribution in [3.05, 3.63) is 29.3 Å². The topological polar surface area (TPSA) is 24.9 Å². The van der Waals surface area contributed by atoms with Crippen LogP contribution in [0.15, 0.2) is 24.3 Å². The Hall–Kier alpha value is -0.930. The normalized spacial score (nSPS) is 28.0. The van der Waals surface area contributed by atoms with Crippen LogP contribution in [0.4, 0.5) is 0 Å². The molecule has 18 heavy (non-hydrogen) atoms. The van der Waals surface area contributed by atoms with E-state index >= 15 is 0 Å². The van der Waals surface area contributed by atoms with Crippen molar-refractivity contribution >= 4 is 21.6 Å². The number of hydrogen-bond donors (Lipinski definition) is 1. The molecule has 0 aliphatic heterocycles. The molecule has 0 spiro atoms. The Balaban J connectivity index is 1.66. The molecule has 2 aromatic rings. The van der Waals surface area contributed by atoms with E-state index in [2.05, 4.69) is 48.4 Å². The molecule has 3 rings (SSSR count). The van der Waals surface area contributed by atoms with E-state index in [4.69, 9.17) is 0 Å². The number of thiazole rings is 1. The molecule has 3 heteroatoms. The van der Waals surface area contributed by atoms with Gasteiger partial charge in [-0.15, -0.1) is 11.3 Å². The molecule has 1 N–H and O–H groups in total. The average molecular weight is 260 g/mol. The number of nitrogens with one attached hydrogen (secondary N) is 1. The molecule has 1 aliphatic rings. The first-order chi connectivity index (χ1) is 8.74. The summed E-state index contributed by atoms with van der Waals surface area (Å²) >= 11 is 1.81. The Kier molecular flexibility index (Phi) is 3.35. The van der Waals surface area contributed by atoms with Crippen molar-refractivity contribution in [2.24, 2.45) is 11.8 Å². The second-order valence-electron chi connectivity index (χ2n) is 5.48. The van der Waals surface area contributed by atoms with Gasteiger partial charge in [-0.2, -0.15) is 0 Å². The van der Waals surface area contributed by atoms with Crippen LogP contribution in [0.25, 0.3) is 10.2 Å². The second-order valence-corrected chi connectivity index (χ2v) is 6.59. The lowest BCUT2D eigenvalue weighted by Crippen LogP contribution is -2.31. The van der Waals surface area contributed by atoms with E-state index in [1.165, 1.54) is 22.5 Å². The summed E-state index contributed by atoms with van der Waals surface area (Å²) in [7, 11) is 0. The predicted molar refractivity (Wildman–Crippen MR) is 77.8 cm³/mol. The first-order valence-electron chi connectivity index (χ1n) is 6.82. The molecule has 3 unspecified atom stereocenters. The van der Waals surface area contributed by atoms with Gasteiger partial charge in [-0.05, 0) is 36.8 Å². The molecular weight excluding hydrogens is 240 g/mol. The van der Waals surface area contributed by atoms with Crippen LogP contribution in [-0.4, -0.2) is 11.0 Å². The van der Waals surface area contributed by atoms with Crippen LogP contribution in [0.1, 0.15) is 31.7 Å². The lowest BCUT2D eigenvalue weighted by atomic mass is 9.98. The quantitative estimate of drug-likeness (QED) is 0.907. The molecule has 1 fully saturated rings. The largest absolute Gasteiger partial charge is 0.307 e. The van der Waals surface area contributed by atoms with Crippen LogP contribution in [0.5, 0.6) is 0 Å². The van der Waals surface area contributed by atoms with Crippen molar-refractivity contribution in [1.82, 2.24) is 10.3 Å². The lowest BCUT2D eigenvalue weighted by Gasteiger charge is -2.18. The Morgan fingerprint density at radius 3 is 2.83 bits per heavy atom. The van der Waals surface area contributed by atoms with Crippen LogP contribution in [-0.2, 0) is 6.54 Å². The highest BCUT2D eigenvalue weighted by Crippen LogP contribution is 2.31. The van der Waals surface area contributed by atoms with E-state index in [-0.39, 0.29) is 0 Å². The van der Waals surface area contributed by atoms with Gasteiger partial charge in [-0.25, -0.2) is 4.98 Å². The first-order valence-corrected chi connectivity index (χ1v) is 7.63. The summed E-state index contributed by atoms with van der Waals surface area (Å²) in [5.41, 5.74) is 1.13. The second kappa shape index (κ2) is 4.98. The molecule has 1 aromatic carbocycles. The molecule has 1 aliphatic carbocycles. The molecule has 1 saturated carbocycles. The van der Waals surface area contributed by atoms with Crippen LogP contribution < -0.4 is 5.32 Å². The maximum atomic E-state index is 4.67. The SMILES string of the molecule is CC1CCC(NCc2nc3ccccc3s2)C1C. The minimum Gasteiger partial charge on any atom is -0.307 e. The molecule has 1 aromatic heterocycles. The first kappa shape index (κ1) is 12.1. The molecule has 1 heterocycles. The maximum Gasteiger partial charge on any atom is 0.108 e. The number of nitrogens with zero attached hydrogens (tertiary/aromatic N) is 1. The smallest absolute Gasteiger partial charge is 0.108 e. The minimum atomic E-state index is 0.673. The number of fused-ring (bicyclic) bond motifs is 1. The van der Waals surface area contributed by atoms with Gasteiger partial charge in [0.1, 0.15) is 5.01 Å². The van der Waals surface area contributed by atoms with Gasteiger partial charge in [0.25, 0.3) is 0 Å². The zero-order valence-corrected chi connectivity index (χ0v) is 11.8. The van der Waals surface area contributed by atoms with E-state index in [9.17, 15) is 0 Å². The third-order valence-electron chi connectivity index (χ3n) is 4.32. The van der Waals surface area contributed by atoms with E-state index in [0.717, 1.165) is 23.9 Å². The third kappa shape index (κ3) is 2.29. The van der Waals surface area contributed by atoms with E-state index < -0.39 is 0 Å². The Bertz CT molecular complexity index is 501. The number of rotatable bonds is 3. The summed E-state index contributed by atoms with van der Waals surface area (Å²) in [5.74, 6) is 1.65. The Labute approximate surface area is 112 Å². The molecule has 0 saturated heterocycles. The fourth-order valence-corrected chi connectivity index (χ4v) is 3.78.